The van der Waals surface area contributed by atoms with Crippen molar-refractivity contribution < 1.29 is 44.2 Å². The highest BCUT2D eigenvalue weighted by Gasteiger charge is 2.42. The van der Waals surface area contributed by atoms with Crippen molar-refractivity contribution >= 4 is 5.97 Å². The third kappa shape index (κ3) is 17.0. The minimum atomic E-state index is -1.28. The van der Waals surface area contributed by atoms with Crippen molar-refractivity contribution in [2.75, 3.05) is 40.9 Å². The first-order chi connectivity index (χ1) is 21.3. The van der Waals surface area contributed by atoms with E-state index in [1.807, 2.05) is 62.7 Å². The van der Waals surface area contributed by atoms with Crippen molar-refractivity contribution in [3.63, 3.8) is 0 Å². The fraction of sp³-hybridized carbons (Fsp3) is 0.971. The van der Waals surface area contributed by atoms with Gasteiger partial charge < -0.3 is 49.2 Å². The highest BCUT2D eigenvalue weighted by Crippen LogP contribution is 2.33. The summed E-state index contributed by atoms with van der Waals surface area (Å²) < 4.78 is 23.3. The predicted molar refractivity (Wildman–Crippen MR) is 183 cm³/mol. The molecule has 0 radical (unpaired) electrons. The summed E-state index contributed by atoms with van der Waals surface area (Å²) in [6, 6.07) is 0.131. The third-order valence-electron chi connectivity index (χ3n) is 8.95. The van der Waals surface area contributed by atoms with Gasteiger partial charge in [0.15, 0.2) is 6.29 Å². The number of esters is 1. The summed E-state index contributed by atoms with van der Waals surface area (Å²) in [5, 5.41) is 41.2. The second-order valence-electron chi connectivity index (χ2n) is 14.1. The number of rotatable bonds is 6. The molecule has 2 fully saturated rings. The monoisotopic (exact) mass is 665 g/mol. The molecule has 0 amide bonds. The Morgan fingerprint density at radius 2 is 1.61 bits per heavy atom. The molecule has 0 aromatic carbocycles. The summed E-state index contributed by atoms with van der Waals surface area (Å²) in [6.45, 7) is 20.8. The Hall–Kier alpha value is -0.890. The molecular formula is C35H72N2O9. The van der Waals surface area contributed by atoms with Crippen LogP contribution in [0.3, 0.4) is 0 Å². The number of cyclic esters (lactones) is 1. The fourth-order valence-electron chi connectivity index (χ4n) is 6.02. The van der Waals surface area contributed by atoms with Gasteiger partial charge in [-0.3, -0.25) is 4.79 Å². The Bertz CT molecular complexity index is 800. The van der Waals surface area contributed by atoms with Gasteiger partial charge in [-0.2, -0.15) is 0 Å². The highest BCUT2D eigenvalue weighted by molar-refractivity contribution is 5.72. The predicted octanol–water partition coefficient (Wildman–Crippen LogP) is 3.83. The summed E-state index contributed by atoms with van der Waals surface area (Å²) in [4.78, 5) is 17.2. The largest absolute Gasteiger partial charge is 0.462 e. The molecular weight excluding hydrogens is 592 g/mol. The molecule has 11 atom stereocenters. The average Bonchev–Trinajstić information content (AvgIpc) is 2.94. The van der Waals surface area contributed by atoms with Crippen molar-refractivity contribution in [3.05, 3.63) is 0 Å². The number of hydrogen-bond acceptors (Lipinski definition) is 11. The smallest absolute Gasteiger partial charge is 0.311 e. The van der Waals surface area contributed by atoms with E-state index in [1.54, 1.807) is 20.8 Å². The fourth-order valence-corrected chi connectivity index (χ4v) is 6.02. The van der Waals surface area contributed by atoms with Crippen molar-refractivity contribution in [2.45, 2.75) is 168 Å². The van der Waals surface area contributed by atoms with Crippen LogP contribution in [0.25, 0.3) is 0 Å². The standard InChI is InChI=1S/C28H54N2O7.C5H12O.C2H6O/c1-10-22-13-24(32)20(5)30(9)16-17(2)15-28(6,34)25(14-23(31)19(4)27(33)36-22)37-26-12-21(29(7)8)11-18(3)35-26;1-4-6-5(2)3;1-2-3/h17-26,31-32,34H,10-16H2,1-9H3;5H,4H2,1-3H3;3H,2H2,1H3/t17-,18?,19?,20?,21?,22-,23+,24?,25-,26?,28-;;/m1../s1. The maximum Gasteiger partial charge on any atom is 0.311 e. The topological polar surface area (TPSA) is 141 Å². The molecule has 46 heavy (non-hydrogen) atoms. The zero-order valence-electron chi connectivity index (χ0n) is 31.4. The molecule has 4 N–H and O–H groups in total. The molecule has 11 heteroatoms. The molecule has 0 aromatic heterocycles. The van der Waals surface area contributed by atoms with Gasteiger partial charge >= 0.3 is 5.97 Å². The van der Waals surface area contributed by atoms with Crippen LogP contribution >= 0.6 is 0 Å². The van der Waals surface area contributed by atoms with Crippen LogP contribution in [0.4, 0.5) is 0 Å². The van der Waals surface area contributed by atoms with Gasteiger partial charge in [-0.25, -0.2) is 0 Å². The summed E-state index contributed by atoms with van der Waals surface area (Å²) in [5.41, 5.74) is -1.28. The van der Waals surface area contributed by atoms with Gasteiger partial charge in [0.25, 0.3) is 0 Å². The Labute approximate surface area is 280 Å². The molecule has 0 aliphatic carbocycles. The van der Waals surface area contributed by atoms with Gasteiger partial charge in [-0.1, -0.05) is 13.8 Å². The Balaban J connectivity index is 0.00000198. The normalized spacial score (nSPS) is 37.2. The number of hydrogen-bond donors (Lipinski definition) is 4. The Morgan fingerprint density at radius 3 is 2.09 bits per heavy atom. The lowest BCUT2D eigenvalue weighted by atomic mass is 9.83. The lowest BCUT2D eigenvalue weighted by molar-refractivity contribution is -0.256. The van der Waals surface area contributed by atoms with Crippen LogP contribution in [0.2, 0.25) is 0 Å². The average molecular weight is 665 g/mol. The Morgan fingerprint density at radius 1 is 1.02 bits per heavy atom. The summed E-state index contributed by atoms with van der Waals surface area (Å²) in [5.74, 6) is -1.23. The van der Waals surface area contributed by atoms with E-state index in [-0.39, 0.29) is 37.1 Å². The molecule has 0 aromatic rings. The number of nitrogens with zero attached hydrogens (tertiary/aromatic N) is 2. The lowest BCUT2D eigenvalue weighted by Gasteiger charge is -2.42. The zero-order valence-corrected chi connectivity index (χ0v) is 31.4. The number of aliphatic hydroxyl groups excluding tert-OH is 3. The van der Waals surface area contributed by atoms with Gasteiger partial charge in [0.05, 0.1) is 42.0 Å². The van der Waals surface area contributed by atoms with Gasteiger partial charge in [-0.15, -0.1) is 0 Å². The van der Waals surface area contributed by atoms with Crippen molar-refractivity contribution in [2.24, 2.45) is 11.8 Å². The maximum absolute atomic E-state index is 12.9. The number of carbonyl (C=O) groups excluding carboxylic acids is 1. The van der Waals surface area contributed by atoms with Crippen molar-refractivity contribution in [1.29, 1.82) is 0 Å². The van der Waals surface area contributed by atoms with E-state index >= 15 is 0 Å². The van der Waals surface area contributed by atoms with Gasteiger partial charge in [0, 0.05) is 51.1 Å². The molecule has 276 valence electrons. The summed E-state index contributed by atoms with van der Waals surface area (Å²) in [6.07, 6.45) is -0.108. The van der Waals surface area contributed by atoms with Crippen LogP contribution in [0.5, 0.6) is 0 Å². The molecule has 6 unspecified atom stereocenters. The maximum atomic E-state index is 12.9. The van der Waals surface area contributed by atoms with E-state index in [0.29, 0.717) is 38.3 Å². The highest BCUT2D eigenvalue weighted by atomic mass is 16.7. The van der Waals surface area contributed by atoms with E-state index in [1.165, 1.54) is 0 Å². The second-order valence-corrected chi connectivity index (χ2v) is 14.1. The van der Waals surface area contributed by atoms with Crippen molar-refractivity contribution in [1.82, 2.24) is 9.80 Å². The van der Waals surface area contributed by atoms with Crippen LogP contribution in [0.15, 0.2) is 0 Å². The molecule has 2 heterocycles. The summed E-state index contributed by atoms with van der Waals surface area (Å²) in [7, 11) is 6.04. The molecule has 0 bridgehead atoms. The molecule has 2 rings (SSSR count). The number of aliphatic hydroxyl groups is 4. The molecule has 11 nitrogen and oxygen atoms in total. The van der Waals surface area contributed by atoms with Gasteiger partial charge in [0.1, 0.15) is 6.10 Å². The van der Waals surface area contributed by atoms with E-state index < -0.39 is 48.2 Å². The van der Waals surface area contributed by atoms with E-state index in [0.717, 1.165) is 13.0 Å². The summed E-state index contributed by atoms with van der Waals surface area (Å²) >= 11 is 0. The van der Waals surface area contributed by atoms with E-state index in [4.69, 9.17) is 24.1 Å². The van der Waals surface area contributed by atoms with Crippen LogP contribution in [-0.4, -0.2) is 138 Å². The first kappa shape index (κ1) is 45.1. The van der Waals surface area contributed by atoms with Crippen molar-refractivity contribution in [3.8, 4) is 0 Å². The SMILES string of the molecule is CCO.CCOC(C)C.CC[C@@H]1CC(O)C(C)N(C)C[C@H](C)C[C@@](C)(O)[C@H](OC2CC(N(C)C)CC(C)O2)C[C@H](O)C(C)C(=O)O1. The number of likely N-dealkylation sites (N-methyl/N-ethyl adjacent to an activating group) is 1. The van der Waals surface area contributed by atoms with Crippen LogP contribution in [-0.2, 0) is 23.7 Å². The van der Waals surface area contributed by atoms with Gasteiger partial charge in [-0.05, 0) is 102 Å². The minimum absolute atomic E-state index is 0.00338. The molecule has 0 spiro atoms. The molecule has 0 saturated carbocycles. The zero-order chi connectivity index (χ0) is 35.8. The van der Waals surface area contributed by atoms with Crippen LogP contribution in [0.1, 0.15) is 108 Å². The second kappa shape index (κ2) is 22.7. The molecule has 2 aliphatic heterocycles. The minimum Gasteiger partial charge on any atom is -0.462 e. The molecule has 2 saturated heterocycles. The number of carbonyl (C=O) groups is 1. The van der Waals surface area contributed by atoms with E-state index in [2.05, 4.69) is 16.7 Å². The third-order valence-corrected chi connectivity index (χ3v) is 8.95. The van der Waals surface area contributed by atoms with Crippen LogP contribution in [0, 0.1) is 11.8 Å². The van der Waals surface area contributed by atoms with E-state index in [9.17, 15) is 20.1 Å². The molecule has 2 aliphatic rings. The first-order valence-electron chi connectivity index (χ1n) is 17.5. The lowest BCUT2D eigenvalue weighted by Crippen LogP contribution is -2.51. The number of ether oxygens (including phenoxy) is 4. The van der Waals surface area contributed by atoms with Gasteiger partial charge in [0.2, 0.25) is 0 Å². The first-order valence-corrected chi connectivity index (χ1v) is 17.5. The quantitative estimate of drug-likeness (QED) is 0.308. The Kier molecular flexibility index (Phi) is 22.2. The van der Waals surface area contributed by atoms with Crippen LogP contribution < -0.4 is 0 Å².